The summed E-state index contributed by atoms with van der Waals surface area (Å²) in [5.41, 5.74) is 14.5. The highest BCUT2D eigenvalue weighted by Crippen LogP contribution is 2.47. The SMILES string of the molecule is Nc1c(O)c(N)c(O)c(N)c1O. The van der Waals surface area contributed by atoms with Gasteiger partial charge in [0, 0.05) is 0 Å². The van der Waals surface area contributed by atoms with Crippen LogP contribution >= 0.6 is 0 Å². The minimum Gasteiger partial charge on any atom is -0.504 e. The summed E-state index contributed by atoms with van der Waals surface area (Å²) in [7, 11) is 0. The third kappa shape index (κ3) is 0.815. The van der Waals surface area contributed by atoms with E-state index in [2.05, 4.69) is 0 Å². The first-order valence-electron chi connectivity index (χ1n) is 3.04. The predicted octanol–water partition coefficient (Wildman–Crippen LogP) is -0.450. The topological polar surface area (TPSA) is 139 Å². The van der Waals surface area contributed by atoms with Gasteiger partial charge < -0.3 is 32.5 Å². The number of rotatable bonds is 0. The summed E-state index contributed by atoms with van der Waals surface area (Å²) in [5, 5.41) is 27.2. The molecule has 0 aliphatic carbocycles. The molecule has 1 aromatic carbocycles. The first kappa shape index (κ1) is 8.12. The van der Waals surface area contributed by atoms with E-state index in [9.17, 15) is 0 Å². The Kier molecular flexibility index (Phi) is 1.53. The third-order valence-electron chi connectivity index (χ3n) is 1.53. The quantitative estimate of drug-likeness (QED) is 0.177. The van der Waals surface area contributed by atoms with Crippen molar-refractivity contribution >= 4 is 17.1 Å². The molecule has 0 radical (unpaired) electrons. The van der Waals surface area contributed by atoms with E-state index in [1.54, 1.807) is 0 Å². The van der Waals surface area contributed by atoms with Gasteiger partial charge >= 0.3 is 0 Å². The largest absolute Gasteiger partial charge is 0.504 e. The van der Waals surface area contributed by atoms with E-state index in [0.29, 0.717) is 0 Å². The van der Waals surface area contributed by atoms with Gasteiger partial charge in [-0.15, -0.1) is 0 Å². The molecule has 1 rings (SSSR count). The van der Waals surface area contributed by atoms with E-state index < -0.39 is 17.2 Å². The van der Waals surface area contributed by atoms with Crippen molar-refractivity contribution in [2.45, 2.75) is 0 Å². The number of aromatic hydroxyl groups is 3. The molecular formula is C6H9N3O3. The number of nitrogens with two attached hydrogens (primary N) is 3. The van der Waals surface area contributed by atoms with Crippen LogP contribution in [0, 0.1) is 0 Å². The fourth-order valence-corrected chi connectivity index (χ4v) is 0.772. The molecule has 0 heterocycles. The minimum absolute atomic E-state index is 0.345. The molecule has 0 aliphatic rings. The van der Waals surface area contributed by atoms with Crippen LogP contribution in [0.2, 0.25) is 0 Å². The highest BCUT2D eigenvalue weighted by molar-refractivity contribution is 5.87. The molecule has 0 amide bonds. The lowest BCUT2D eigenvalue weighted by molar-refractivity contribution is 0.438. The predicted molar refractivity (Wildman–Crippen MR) is 44.7 cm³/mol. The van der Waals surface area contributed by atoms with Gasteiger partial charge in [0.1, 0.15) is 17.1 Å². The molecule has 0 saturated carbocycles. The average molecular weight is 171 g/mol. The van der Waals surface area contributed by atoms with Crippen molar-refractivity contribution in [3.8, 4) is 17.2 Å². The van der Waals surface area contributed by atoms with Crippen LogP contribution in [0.1, 0.15) is 0 Å². The summed E-state index contributed by atoms with van der Waals surface area (Å²) >= 11 is 0. The second kappa shape index (κ2) is 2.26. The van der Waals surface area contributed by atoms with Gasteiger partial charge in [0.05, 0.1) is 0 Å². The normalized spacial score (nSPS) is 10.0. The Balaban J connectivity index is 3.60. The highest BCUT2D eigenvalue weighted by Gasteiger charge is 2.17. The fraction of sp³-hybridized carbons (Fsp3) is 0. The number of hydrogen-bond donors (Lipinski definition) is 6. The van der Waals surface area contributed by atoms with Gasteiger partial charge in [-0.05, 0) is 0 Å². The van der Waals surface area contributed by atoms with E-state index >= 15 is 0 Å². The molecule has 0 unspecified atom stereocenters. The lowest BCUT2D eigenvalue weighted by atomic mass is 10.2. The summed E-state index contributed by atoms with van der Waals surface area (Å²) in [5.74, 6) is -1.71. The molecule has 0 saturated heterocycles. The summed E-state index contributed by atoms with van der Waals surface area (Å²) in [6.45, 7) is 0. The summed E-state index contributed by atoms with van der Waals surface area (Å²) in [6.07, 6.45) is 0. The Morgan fingerprint density at radius 2 is 0.750 bits per heavy atom. The van der Waals surface area contributed by atoms with Gasteiger partial charge in [-0.2, -0.15) is 0 Å². The maximum atomic E-state index is 9.07. The zero-order valence-corrected chi connectivity index (χ0v) is 6.07. The standard InChI is InChI=1S/C6H9N3O3/c7-1-4(10)2(8)6(12)3(9)5(1)11/h10-12H,7-9H2. The molecule has 0 spiro atoms. The third-order valence-corrected chi connectivity index (χ3v) is 1.53. The van der Waals surface area contributed by atoms with Crippen LogP contribution in [-0.2, 0) is 0 Å². The zero-order chi connectivity index (χ0) is 9.46. The van der Waals surface area contributed by atoms with Crippen LogP contribution in [0.5, 0.6) is 17.2 Å². The van der Waals surface area contributed by atoms with Crippen molar-refractivity contribution in [1.29, 1.82) is 0 Å². The number of phenolic OH excluding ortho intramolecular Hbond substituents is 3. The highest BCUT2D eigenvalue weighted by atomic mass is 16.3. The maximum Gasteiger partial charge on any atom is 0.169 e. The molecular weight excluding hydrogens is 162 g/mol. The van der Waals surface area contributed by atoms with Crippen molar-refractivity contribution in [3.05, 3.63) is 0 Å². The molecule has 0 aromatic heterocycles. The smallest absolute Gasteiger partial charge is 0.169 e. The van der Waals surface area contributed by atoms with Crippen LogP contribution in [0.3, 0.4) is 0 Å². The first-order valence-corrected chi connectivity index (χ1v) is 3.04. The maximum absolute atomic E-state index is 9.07. The van der Waals surface area contributed by atoms with Gasteiger partial charge in [-0.25, -0.2) is 0 Å². The van der Waals surface area contributed by atoms with Gasteiger partial charge in [-0.1, -0.05) is 0 Å². The molecule has 0 aliphatic heterocycles. The van der Waals surface area contributed by atoms with E-state index in [0.717, 1.165) is 0 Å². The van der Waals surface area contributed by atoms with Gasteiger partial charge in [-0.3, -0.25) is 0 Å². The second-order valence-electron chi connectivity index (χ2n) is 2.29. The fourth-order valence-electron chi connectivity index (χ4n) is 0.772. The number of anilines is 3. The molecule has 0 fully saturated rings. The van der Waals surface area contributed by atoms with Crippen LogP contribution in [-0.4, -0.2) is 15.3 Å². The number of hydrogen-bond acceptors (Lipinski definition) is 6. The van der Waals surface area contributed by atoms with Crippen LogP contribution in [0.4, 0.5) is 17.1 Å². The van der Waals surface area contributed by atoms with Crippen molar-refractivity contribution < 1.29 is 15.3 Å². The minimum atomic E-state index is -0.570. The molecule has 9 N–H and O–H groups in total. The van der Waals surface area contributed by atoms with E-state index in [4.69, 9.17) is 32.5 Å². The van der Waals surface area contributed by atoms with E-state index in [1.165, 1.54) is 0 Å². The zero-order valence-electron chi connectivity index (χ0n) is 6.07. The molecule has 0 bridgehead atoms. The van der Waals surface area contributed by atoms with E-state index in [-0.39, 0.29) is 17.1 Å². The van der Waals surface area contributed by atoms with Crippen molar-refractivity contribution in [3.63, 3.8) is 0 Å². The molecule has 0 atom stereocenters. The Morgan fingerprint density at radius 1 is 0.583 bits per heavy atom. The first-order chi connectivity index (χ1) is 5.46. The molecule has 1 aromatic rings. The summed E-state index contributed by atoms with van der Waals surface area (Å²) < 4.78 is 0. The van der Waals surface area contributed by atoms with Crippen molar-refractivity contribution in [2.24, 2.45) is 0 Å². The van der Waals surface area contributed by atoms with Gasteiger partial charge in [0.25, 0.3) is 0 Å². The number of nitrogen functional groups attached to an aromatic ring is 3. The van der Waals surface area contributed by atoms with E-state index in [1.807, 2.05) is 0 Å². The number of phenols is 3. The van der Waals surface area contributed by atoms with Gasteiger partial charge in [0.2, 0.25) is 0 Å². The van der Waals surface area contributed by atoms with Crippen LogP contribution in [0.25, 0.3) is 0 Å². The number of benzene rings is 1. The lowest BCUT2D eigenvalue weighted by Gasteiger charge is -2.09. The Labute approximate surface area is 67.8 Å². The summed E-state index contributed by atoms with van der Waals surface area (Å²) in [6, 6.07) is 0. The molecule has 6 nitrogen and oxygen atoms in total. The second-order valence-corrected chi connectivity index (χ2v) is 2.29. The Bertz CT molecular complexity index is 232. The summed E-state index contributed by atoms with van der Waals surface area (Å²) in [4.78, 5) is 0. The molecule has 12 heavy (non-hydrogen) atoms. The molecule has 66 valence electrons. The molecule has 6 heteroatoms. The van der Waals surface area contributed by atoms with Crippen LogP contribution < -0.4 is 17.2 Å². The van der Waals surface area contributed by atoms with Crippen LogP contribution in [0.15, 0.2) is 0 Å². The Morgan fingerprint density at radius 3 is 0.917 bits per heavy atom. The lowest BCUT2D eigenvalue weighted by Crippen LogP contribution is -1.97. The van der Waals surface area contributed by atoms with Gasteiger partial charge in [0.15, 0.2) is 17.2 Å². The average Bonchev–Trinajstić information content (AvgIpc) is 2.08. The Hall–Kier alpha value is -1.98. The van der Waals surface area contributed by atoms with Crippen molar-refractivity contribution in [2.75, 3.05) is 17.2 Å². The van der Waals surface area contributed by atoms with Crippen molar-refractivity contribution in [1.82, 2.24) is 0 Å². The monoisotopic (exact) mass is 171 g/mol.